The molecule has 8 nitrogen and oxygen atoms in total. The van der Waals surface area contributed by atoms with Crippen LogP contribution in [0.15, 0.2) is 34.4 Å². The van der Waals surface area contributed by atoms with Crippen LogP contribution in [-0.4, -0.2) is 56.2 Å². The lowest BCUT2D eigenvalue weighted by Crippen LogP contribution is -2.49. The molecule has 4 heterocycles. The summed E-state index contributed by atoms with van der Waals surface area (Å²) in [5.41, 5.74) is 4.66. The van der Waals surface area contributed by atoms with Crippen LogP contribution in [0.2, 0.25) is 0 Å². The highest BCUT2D eigenvalue weighted by molar-refractivity contribution is 7.17. The Bertz CT molecular complexity index is 1460. The number of fused-ring (bicyclic) bond motifs is 3. The lowest BCUT2D eigenvalue weighted by atomic mass is 10.1. The molecule has 0 atom stereocenters. The zero-order valence-electron chi connectivity index (χ0n) is 21.5. The van der Waals surface area contributed by atoms with E-state index in [1.54, 1.807) is 4.57 Å². The molecule has 190 valence electrons. The van der Waals surface area contributed by atoms with Crippen molar-refractivity contribution in [2.75, 3.05) is 31.1 Å². The van der Waals surface area contributed by atoms with Gasteiger partial charge in [-0.05, 0) is 54.8 Å². The molecule has 0 saturated carbocycles. The molecule has 0 radical (unpaired) electrons. The molecule has 1 aromatic carbocycles. The van der Waals surface area contributed by atoms with Gasteiger partial charge in [-0.2, -0.15) is 0 Å². The van der Waals surface area contributed by atoms with Crippen LogP contribution >= 0.6 is 11.3 Å². The lowest BCUT2D eigenvalue weighted by molar-refractivity contribution is -0.131. The summed E-state index contributed by atoms with van der Waals surface area (Å²) < 4.78 is 4.46. The maximum Gasteiger partial charge on any atom is 0.272 e. The molecule has 0 unspecified atom stereocenters. The topological polar surface area (TPSA) is 75.7 Å². The predicted octanol–water partition coefficient (Wildman–Crippen LogP) is 4.05. The molecule has 1 fully saturated rings. The molecule has 3 aromatic heterocycles. The van der Waals surface area contributed by atoms with Crippen molar-refractivity contribution in [3.63, 3.8) is 0 Å². The standard InChI is InChI=1S/C27H34N6O2S/c1-18(2)17-32-26(35)25-21(10-15-36-25)33-23(28-29-27(32)33)6-5-7-24(34)31-13-11-30(12-14-31)22-16-19(3)8-9-20(22)4/h8-10,15-16,18H,5-7,11-14,17H2,1-4H3. The lowest BCUT2D eigenvalue weighted by Gasteiger charge is -2.37. The number of aryl methyl sites for hydroxylation is 3. The molecule has 5 rings (SSSR count). The van der Waals surface area contributed by atoms with Crippen LogP contribution in [-0.2, 0) is 17.8 Å². The number of thiophene rings is 1. The minimum absolute atomic E-state index is 0.00433. The summed E-state index contributed by atoms with van der Waals surface area (Å²) in [5.74, 6) is 1.90. The highest BCUT2D eigenvalue weighted by Crippen LogP contribution is 2.24. The first-order valence-corrected chi connectivity index (χ1v) is 13.7. The molecule has 0 aliphatic carbocycles. The van der Waals surface area contributed by atoms with Crippen LogP contribution in [0.1, 0.15) is 43.6 Å². The number of piperazine rings is 1. The highest BCUT2D eigenvalue weighted by Gasteiger charge is 2.23. The largest absolute Gasteiger partial charge is 0.368 e. The van der Waals surface area contributed by atoms with Crippen LogP contribution in [0.4, 0.5) is 5.69 Å². The van der Waals surface area contributed by atoms with Gasteiger partial charge >= 0.3 is 0 Å². The maximum absolute atomic E-state index is 13.0. The second-order valence-corrected chi connectivity index (χ2v) is 11.1. The number of hydrogen-bond donors (Lipinski definition) is 0. The Kier molecular flexibility index (Phi) is 6.83. The average Bonchev–Trinajstić information content (AvgIpc) is 3.50. The van der Waals surface area contributed by atoms with E-state index in [9.17, 15) is 9.59 Å². The number of carbonyl (C=O) groups excluding carboxylic acids is 1. The molecule has 0 spiro atoms. The normalized spacial score (nSPS) is 14.5. The number of nitrogens with zero attached hydrogens (tertiary/aromatic N) is 6. The van der Waals surface area contributed by atoms with Crippen molar-refractivity contribution in [1.82, 2.24) is 24.1 Å². The Morgan fingerprint density at radius 1 is 1.08 bits per heavy atom. The second kappa shape index (κ2) is 10.0. The molecule has 0 N–H and O–H groups in total. The number of aromatic nitrogens is 4. The number of rotatable bonds is 7. The quantitative estimate of drug-likeness (QED) is 0.378. The van der Waals surface area contributed by atoms with Crippen molar-refractivity contribution in [2.24, 2.45) is 5.92 Å². The fourth-order valence-corrected chi connectivity index (χ4v) is 5.91. The van der Waals surface area contributed by atoms with Crippen molar-refractivity contribution in [2.45, 2.75) is 53.5 Å². The third-order valence-electron chi connectivity index (χ3n) is 6.96. The van der Waals surface area contributed by atoms with E-state index in [0.29, 0.717) is 37.5 Å². The van der Waals surface area contributed by atoms with Gasteiger partial charge in [-0.15, -0.1) is 21.5 Å². The van der Waals surface area contributed by atoms with Crippen molar-refractivity contribution < 1.29 is 4.79 Å². The van der Waals surface area contributed by atoms with Gasteiger partial charge in [0, 0.05) is 51.3 Å². The van der Waals surface area contributed by atoms with Crippen LogP contribution in [0.3, 0.4) is 0 Å². The summed E-state index contributed by atoms with van der Waals surface area (Å²) in [6, 6.07) is 8.51. The SMILES string of the molecule is Cc1ccc(C)c(N2CCN(C(=O)CCCc3nnc4n(CC(C)C)c(=O)c5sccc5n34)CC2)c1. The van der Waals surface area contributed by atoms with Gasteiger partial charge in [0.15, 0.2) is 0 Å². The van der Waals surface area contributed by atoms with Crippen molar-refractivity contribution in [3.8, 4) is 0 Å². The van der Waals surface area contributed by atoms with Crippen LogP contribution in [0, 0.1) is 19.8 Å². The first-order valence-electron chi connectivity index (χ1n) is 12.8. The average molecular weight is 507 g/mol. The summed E-state index contributed by atoms with van der Waals surface area (Å²) >= 11 is 1.46. The smallest absolute Gasteiger partial charge is 0.272 e. The van der Waals surface area contributed by atoms with E-state index in [1.807, 2.05) is 20.7 Å². The van der Waals surface area contributed by atoms with Gasteiger partial charge in [0.2, 0.25) is 11.7 Å². The van der Waals surface area contributed by atoms with E-state index >= 15 is 0 Å². The summed E-state index contributed by atoms with van der Waals surface area (Å²) in [7, 11) is 0. The fourth-order valence-electron chi connectivity index (χ4n) is 5.09. The zero-order chi connectivity index (χ0) is 25.4. The van der Waals surface area contributed by atoms with Gasteiger partial charge in [-0.25, -0.2) is 0 Å². The third-order valence-corrected chi connectivity index (χ3v) is 7.85. The molecule has 0 bridgehead atoms. The van der Waals surface area contributed by atoms with Gasteiger partial charge in [0.05, 0.1) is 5.52 Å². The van der Waals surface area contributed by atoms with Crippen LogP contribution < -0.4 is 10.5 Å². The Labute approximate surface area is 215 Å². The van der Waals surface area contributed by atoms with Crippen LogP contribution in [0.25, 0.3) is 16.0 Å². The number of amides is 1. The monoisotopic (exact) mass is 506 g/mol. The van der Waals surface area contributed by atoms with Gasteiger partial charge in [0.1, 0.15) is 10.5 Å². The summed E-state index contributed by atoms with van der Waals surface area (Å²) in [4.78, 5) is 30.4. The zero-order valence-corrected chi connectivity index (χ0v) is 22.3. The first-order chi connectivity index (χ1) is 17.3. The predicted molar refractivity (Wildman–Crippen MR) is 145 cm³/mol. The first kappa shape index (κ1) is 24.5. The van der Waals surface area contributed by atoms with Gasteiger partial charge in [-0.1, -0.05) is 26.0 Å². The van der Waals surface area contributed by atoms with Gasteiger partial charge in [0.25, 0.3) is 5.56 Å². The fraction of sp³-hybridized carbons (Fsp3) is 0.481. The molecule has 4 aromatic rings. The molecule has 1 aliphatic rings. The van der Waals surface area contributed by atoms with Crippen molar-refractivity contribution in [3.05, 3.63) is 57.0 Å². The number of carbonyl (C=O) groups is 1. The van der Waals surface area contributed by atoms with E-state index in [-0.39, 0.29) is 11.5 Å². The molecule has 1 aliphatic heterocycles. The summed E-state index contributed by atoms with van der Waals surface area (Å²) in [6.45, 7) is 12.2. The minimum Gasteiger partial charge on any atom is -0.368 e. The Morgan fingerprint density at radius 3 is 2.61 bits per heavy atom. The van der Waals surface area contributed by atoms with Crippen molar-refractivity contribution in [1.29, 1.82) is 0 Å². The molecular formula is C27H34N6O2S. The Balaban J connectivity index is 1.24. The second-order valence-electron chi connectivity index (χ2n) is 10.2. The van der Waals surface area contributed by atoms with E-state index in [2.05, 4.69) is 61.0 Å². The van der Waals surface area contributed by atoms with Crippen LogP contribution in [0.5, 0.6) is 0 Å². The van der Waals surface area contributed by atoms with Gasteiger partial charge in [-0.3, -0.25) is 18.6 Å². The highest BCUT2D eigenvalue weighted by atomic mass is 32.1. The molecule has 1 amide bonds. The number of benzene rings is 1. The molecular weight excluding hydrogens is 472 g/mol. The molecule has 1 saturated heterocycles. The number of hydrogen-bond acceptors (Lipinski definition) is 6. The van der Waals surface area contributed by atoms with E-state index in [0.717, 1.165) is 42.2 Å². The minimum atomic E-state index is -0.00433. The summed E-state index contributed by atoms with van der Waals surface area (Å²) in [6.07, 6.45) is 1.82. The Morgan fingerprint density at radius 2 is 1.86 bits per heavy atom. The molecule has 9 heteroatoms. The maximum atomic E-state index is 13.0. The van der Waals surface area contributed by atoms with E-state index < -0.39 is 0 Å². The molecule has 36 heavy (non-hydrogen) atoms. The van der Waals surface area contributed by atoms with Gasteiger partial charge < -0.3 is 9.80 Å². The third kappa shape index (κ3) is 4.64. The Hall–Kier alpha value is -3.20. The van der Waals surface area contributed by atoms with Crippen molar-refractivity contribution >= 4 is 38.9 Å². The van der Waals surface area contributed by atoms with E-state index in [4.69, 9.17) is 0 Å². The van der Waals surface area contributed by atoms with E-state index in [1.165, 1.54) is 28.2 Å². The number of anilines is 1. The summed E-state index contributed by atoms with van der Waals surface area (Å²) in [5, 5.41) is 10.7.